The van der Waals surface area contributed by atoms with Gasteiger partial charge in [-0.3, -0.25) is 4.79 Å². The van der Waals surface area contributed by atoms with Gasteiger partial charge in [0.25, 0.3) is 0 Å². The Hall–Kier alpha value is -1.25. The van der Waals surface area contributed by atoms with Crippen LogP contribution in [0.5, 0.6) is 5.75 Å². The molecule has 1 amide bonds. The molecular weight excluding hydrogens is 348 g/mol. The Bertz CT molecular complexity index is 635. The zero-order valence-corrected chi connectivity index (χ0v) is 16.0. The average Bonchev–Trinajstić information content (AvgIpc) is 2.55. The topological polar surface area (TPSA) is 98.5 Å². The standard InChI is InChI=1S/C16H26N2O4S2/c1-12(11-23-15-7-5-4-6-14(15)22-2)10-18-16(19)13(17)8-9-24(3,20)21/h4-7,12-13H,8-11,17H2,1-3H3,(H,18,19). The molecule has 0 fully saturated rings. The smallest absolute Gasteiger partial charge is 0.236 e. The van der Waals surface area contributed by atoms with E-state index in [1.54, 1.807) is 18.9 Å². The third-order valence-electron chi connectivity index (χ3n) is 3.35. The van der Waals surface area contributed by atoms with Crippen LogP contribution in [0.3, 0.4) is 0 Å². The van der Waals surface area contributed by atoms with Crippen LogP contribution in [-0.4, -0.2) is 51.8 Å². The van der Waals surface area contributed by atoms with Crippen molar-refractivity contribution >= 4 is 27.5 Å². The molecule has 0 aliphatic rings. The number of thioether (sulfide) groups is 1. The van der Waals surface area contributed by atoms with Gasteiger partial charge in [-0.2, -0.15) is 0 Å². The van der Waals surface area contributed by atoms with Crippen LogP contribution in [-0.2, 0) is 14.6 Å². The van der Waals surface area contributed by atoms with Crippen LogP contribution in [0.1, 0.15) is 13.3 Å². The Morgan fingerprint density at radius 1 is 1.38 bits per heavy atom. The summed E-state index contributed by atoms with van der Waals surface area (Å²) < 4.78 is 27.5. The van der Waals surface area contributed by atoms with Gasteiger partial charge in [-0.25, -0.2) is 8.42 Å². The highest BCUT2D eigenvalue weighted by molar-refractivity contribution is 7.99. The lowest BCUT2D eigenvalue weighted by Gasteiger charge is -2.16. The van der Waals surface area contributed by atoms with Crippen molar-refractivity contribution in [1.29, 1.82) is 0 Å². The molecule has 2 atom stereocenters. The van der Waals surface area contributed by atoms with E-state index in [9.17, 15) is 13.2 Å². The molecule has 6 nitrogen and oxygen atoms in total. The second kappa shape index (κ2) is 9.90. The first kappa shape index (κ1) is 20.8. The van der Waals surface area contributed by atoms with E-state index in [4.69, 9.17) is 10.5 Å². The lowest BCUT2D eigenvalue weighted by Crippen LogP contribution is -2.43. The summed E-state index contributed by atoms with van der Waals surface area (Å²) in [6.07, 6.45) is 1.27. The fourth-order valence-corrected chi connectivity index (χ4v) is 3.64. The molecule has 1 aromatic carbocycles. The van der Waals surface area contributed by atoms with Gasteiger partial charge in [-0.1, -0.05) is 19.1 Å². The van der Waals surface area contributed by atoms with Gasteiger partial charge in [0.15, 0.2) is 0 Å². The van der Waals surface area contributed by atoms with Gasteiger partial charge < -0.3 is 15.8 Å². The number of methoxy groups -OCH3 is 1. The first-order valence-electron chi connectivity index (χ1n) is 7.69. The summed E-state index contributed by atoms with van der Waals surface area (Å²) in [4.78, 5) is 12.9. The first-order valence-corrected chi connectivity index (χ1v) is 10.7. The molecule has 0 saturated carbocycles. The van der Waals surface area contributed by atoms with Crippen molar-refractivity contribution in [1.82, 2.24) is 5.32 Å². The number of para-hydroxylation sites is 1. The highest BCUT2D eigenvalue weighted by atomic mass is 32.2. The summed E-state index contributed by atoms with van der Waals surface area (Å²) in [6.45, 7) is 2.53. The number of ether oxygens (including phenoxy) is 1. The molecule has 0 saturated heterocycles. The lowest BCUT2D eigenvalue weighted by molar-refractivity contribution is -0.122. The van der Waals surface area contributed by atoms with Crippen molar-refractivity contribution in [2.75, 3.05) is 31.4 Å². The van der Waals surface area contributed by atoms with Crippen molar-refractivity contribution in [3.8, 4) is 5.75 Å². The van der Waals surface area contributed by atoms with Gasteiger partial charge in [-0.05, 0) is 24.5 Å². The average molecular weight is 375 g/mol. The molecule has 3 N–H and O–H groups in total. The molecule has 136 valence electrons. The number of hydrogen-bond donors (Lipinski definition) is 2. The zero-order valence-electron chi connectivity index (χ0n) is 14.3. The molecule has 1 rings (SSSR count). The third-order valence-corrected chi connectivity index (χ3v) is 5.71. The summed E-state index contributed by atoms with van der Waals surface area (Å²) in [6, 6.07) is 6.99. The summed E-state index contributed by atoms with van der Waals surface area (Å²) in [5, 5.41) is 2.78. The summed E-state index contributed by atoms with van der Waals surface area (Å²) in [5.74, 6) is 1.50. The molecule has 0 heterocycles. The minimum Gasteiger partial charge on any atom is -0.496 e. The fourth-order valence-electron chi connectivity index (χ4n) is 1.91. The van der Waals surface area contributed by atoms with Crippen LogP contribution in [0.25, 0.3) is 0 Å². The van der Waals surface area contributed by atoms with Crippen molar-refractivity contribution in [2.24, 2.45) is 11.7 Å². The van der Waals surface area contributed by atoms with Gasteiger partial charge in [0.2, 0.25) is 5.91 Å². The van der Waals surface area contributed by atoms with Crippen LogP contribution >= 0.6 is 11.8 Å². The van der Waals surface area contributed by atoms with E-state index < -0.39 is 15.9 Å². The zero-order chi connectivity index (χ0) is 18.2. The maximum absolute atomic E-state index is 11.9. The molecule has 0 bridgehead atoms. The van der Waals surface area contributed by atoms with Crippen molar-refractivity contribution in [2.45, 2.75) is 24.3 Å². The van der Waals surface area contributed by atoms with E-state index in [2.05, 4.69) is 5.32 Å². The Morgan fingerprint density at radius 3 is 2.67 bits per heavy atom. The van der Waals surface area contributed by atoms with Gasteiger partial charge in [0, 0.05) is 23.4 Å². The van der Waals surface area contributed by atoms with Gasteiger partial charge in [0.1, 0.15) is 15.6 Å². The molecule has 2 unspecified atom stereocenters. The molecule has 1 aromatic rings. The van der Waals surface area contributed by atoms with Gasteiger partial charge >= 0.3 is 0 Å². The number of nitrogens with two attached hydrogens (primary N) is 1. The summed E-state index contributed by atoms with van der Waals surface area (Å²) >= 11 is 1.67. The number of rotatable bonds is 10. The van der Waals surface area contributed by atoms with E-state index in [0.717, 1.165) is 22.7 Å². The highest BCUT2D eigenvalue weighted by Crippen LogP contribution is 2.29. The highest BCUT2D eigenvalue weighted by Gasteiger charge is 2.16. The second-order valence-corrected chi connectivity index (χ2v) is 9.16. The maximum atomic E-state index is 11.9. The Labute approximate surface area is 148 Å². The fraction of sp³-hybridized carbons (Fsp3) is 0.562. The predicted octanol–water partition coefficient (Wildman–Crippen LogP) is 1.30. The van der Waals surface area contributed by atoms with Crippen molar-refractivity contribution in [3.05, 3.63) is 24.3 Å². The maximum Gasteiger partial charge on any atom is 0.236 e. The molecule has 0 spiro atoms. The monoisotopic (exact) mass is 374 g/mol. The number of carbonyl (C=O) groups is 1. The van der Waals surface area contributed by atoms with Crippen LogP contribution in [0.2, 0.25) is 0 Å². The van der Waals surface area contributed by atoms with Crippen LogP contribution in [0.4, 0.5) is 0 Å². The SMILES string of the molecule is COc1ccccc1SCC(C)CNC(=O)C(N)CCS(C)(=O)=O. The lowest BCUT2D eigenvalue weighted by atomic mass is 10.2. The first-order chi connectivity index (χ1) is 11.2. The van der Waals surface area contributed by atoms with E-state index in [1.165, 1.54) is 0 Å². The van der Waals surface area contributed by atoms with E-state index in [0.29, 0.717) is 6.54 Å². The predicted molar refractivity (Wildman–Crippen MR) is 98.2 cm³/mol. The number of nitrogens with one attached hydrogen (secondary N) is 1. The molecule has 24 heavy (non-hydrogen) atoms. The molecule has 0 aromatic heterocycles. The van der Waals surface area contributed by atoms with Gasteiger partial charge in [0.05, 0.1) is 18.9 Å². The number of amides is 1. The summed E-state index contributed by atoms with van der Waals surface area (Å²) in [5.41, 5.74) is 5.72. The number of sulfone groups is 1. The number of carbonyl (C=O) groups excluding carboxylic acids is 1. The minimum absolute atomic E-state index is 0.0825. The molecule has 0 aliphatic carbocycles. The van der Waals surface area contributed by atoms with E-state index in [-0.39, 0.29) is 24.0 Å². The largest absolute Gasteiger partial charge is 0.496 e. The number of hydrogen-bond acceptors (Lipinski definition) is 6. The third kappa shape index (κ3) is 8.03. The van der Waals surface area contributed by atoms with Crippen LogP contribution in [0, 0.1) is 5.92 Å². The summed E-state index contributed by atoms with van der Waals surface area (Å²) in [7, 11) is -1.47. The quantitative estimate of drug-likeness (QED) is 0.599. The molecule has 0 aliphatic heterocycles. The second-order valence-electron chi connectivity index (χ2n) is 5.84. The normalized spacial score (nSPS) is 14.0. The van der Waals surface area contributed by atoms with E-state index in [1.807, 2.05) is 31.2 Å². The Morgan fingerprint density at radius 2 is 2.04 bits per heavy atom. The number of benzene rings is 1. The Balaban J connectivity index is 2.35. The minimum atomic E-state index is -3.11. The van der Waals surface area contributed by atoms with E-state index >= 15 is 0 Å². The van der Waals surface area contributed by atoms with Crippen molar-refractivity contribution < 1.29 is 17.9 Å². The van der Waals surface area contributed by atoms with Gasteiger partial charge in [-0.15, -0.1) is 11.8 Å². The van der Waals surface area contributed by atoms with Crippen molar-refractivity contribution in [3.63, 3.8) is 0 Å². The van der Waals surface area contributed by atoms with Crippen LogP contribution in [0.15, 0.2) is 29.2 Å². The Kier molecular flexibility index (Phi) is 8.58. The molecular formula is C16H26N2O4S2. The van der Waals surface area contributed by atoms with Crippen LogP contribution < -0.4 is 15.8 Å². The molecule has 0 radical (unpaired) electrons. The molecule has 8 heteroatoms.